The van der Waals surface area contributed by atoms with E-state index in [9.17, 15) is 14.3 Å². The van der Waals surface area contributed by atoms with Crippen LogP contribution in [0.2, 0.25) is 0 Å². The van der Waals surface area contributed by atoms with Crippen molar-refractivity contribution in [3.05, 3.63) is 77.7 Å². The van der Waals surface area contributed by atoms with Crippen molar-refractivity contribution in [2.24, 2.45) is 0 Å². The molecule has 5 nitrogen and oxygen atoms in total. The van der Waals surface area contributed by atoms with Crippen molar-refractivity contribution in [1.29, 1.82) is 0 Å². The Balaban J connectivity index is 1.71. The zero-order valence-corrected chi connectivity index (χ0v) is 12.7. The molecule has 0 aliphatic carbocycles. The lowest BCUT2D eigenvalue weighted by molar-refractivity contribution is 0.0915. The molecular formula is C18H16FN3O2. The molecule has 3 aromatic rings. The van der Waals surface area contributed by atoms with Gasteiger partial charge in [-0.15, -0.1) is 0 Å². The van der Waals surface area contributed by atoms with Gasteiger partial charge < -0.3 is 10.4 Å². The van der Waals surface area contributed by atoms with E-state index in [1.807, 2.05) is 30.3 Å². The first kappa shape index (κ1) is 15.9. The van der Waals surface area contributed by atoms with E-state index < -0.39 is 17.8 Å². The predicted molar refractivity (Wildman–Crippen MR) is 87.7 cm³/mol. The first-order valence-corrected chi connectivity index (χ1v) is 7.46. The van der Waals surface area contributed by atoms with Gasteiger partial charge in [-0.25, -0.2) is 4.39 Å². The highest BCUT2D eigenvalue weighted by molar-refractivity contribution is 5.99. The molecule has 0 fully saturated rings. The minimum atomic E-state index is -1.12. The second-order valence-corrected chi connectivity index (χ2v) is 5.27. The molecule has 6 heteroatoms. The Hall–Kier alpha value is -2.99. The minimum Gasteiger partial charge on any atom is -0.386 e. The quantitative estimate of drug-likeness (QED) is 0.675. The summed E-state index contributed by atoms with van der Waals surface area (Å²) in [6.45, 7) is -0.0980. The summed E-state index contributed by atoms with van der Waals surface area (Å²) in [5.74, 6) is -0.898. The van der Waals surface area contributed by atoms with Crippen molar-refractivity contribution < 1.29 is 14.3 Å². The largest absolute Gasteiger partial charge is 0.386 e. The SMILES string of the molecule is O=C(NCC(O)c1ccccc1F)c1cn[nH]c1-c1ccccc1. The maximum absolute atomic E-state index is 13.6. The molecule has 1 aromatic heterocycles. The fourth-order valence-electron chi connectivity index (χ4n) is 2.42. The number of aliphatic hydroxyl groups excluding tert-OH is 1. The maximum atomic E-state index is 13.6. The molecule has 122 valence electrons. The molecule has 0 aliphatic heterocycles. The van der Waals surface area contributed by atoms with Crippen LogP contribution in [-0.4, -0.2) is 27.8 Å². The van der Waals surface area contributed by atoms with E-state index in [1.165, 1.54) is 18.3 Å². The van der Waals surface area contributed by atoms with Crippen LogP contribution in [0, 0.1) is 5.82 Å². The van der Waals surface area contributed by atoms with Crippen molar-refractivity contribution in [1.82, 2.24) is 15.5 Å². The van der Waals surface area contributed by atoms with Gasteiger partial charge in [0.1, 0.15) is 5.82 Å². The van der Waals surface area contributed by atoms with Crippen molar-refractivity contribution in [3.63, 3.8) is 0 Å². The van der Waals surface area contributed by atoms with Crippen LogP contribution in [-0.2, 0) is 0 Å². The van der Waals surface area contributed by atoms with Crippen LogP contribution in [0.15, 0.2) is 60.8 Å². The molecule has 0 aliphatic rings. The zero-order valence-electron chi connectivity index (χ0n) is 12.7. The van der Waals surface area contributed by atoms with E-state index in [-0.39, 0.29) is 12.1 Å². The van der Waals surface area contributed by atoms with Gasteiger partial charge in [0.05, 0.1) is 23.6 Å². The average Bonchev–Trinajstić information content (AvgIpc) is 3.10. The summed E-state index contributed by atoms with van der Waals surface area (Å²) in [5, 5.41) is 19.4. The molecular weight excluding hydrogens is 309 g/mol. The monoisotopic (exact) mass is 325 g/mol. The zero-order chi connectivity index (χ0) is 16.9. The maximum Gasteiger partial charge on any atom is 0.255 e. The predicted octanol–water partition coefficient (Wildman–Crippen LogP) is 2.68. The molecule has 1 amide bonds. The molecule has 3 rings (SSSR count). The van der Waals surface area contributed by atoms with Gasteiger partial charge >= 0.3 is 0 Å². The number of aromatic amines is 1. The number of rotatable bonds is 5. The van der Waals surface area contributed by atoms with Crippen molar-refractivity contribution in [3.8, 4) is 11.3 Å². The number of amides is 1. The number of benzene rings is 2. The number of halogens is 1. The third-order valence-corrected chi connectivity index (χ3v) is 3.67. The second-order valence-electron chi connectivity index (χ2n) is 5.27. The number of aliphatic hydroxyl groups is 1. The lowest BCUT2D eigenvalue weighted by Crippen LogP contribution is -2.28. The lowest BCUT2D eigenvalue weighted by atomic mass is 10.1. The smallest absolute Gasteiger partial charge is 0.255 e. The third kappa shape index (κ3) is 3.33. The first-order chi connectivity index (χ1) is 11.7. The van der Waals surface area contributed by atoms with Gasteiger partial charge in [0.2, 0.25) is 0 Å². The molecule has 1 heterocycles. The first-order valence-electron chi connectivity index (χ1n) is 7.46. The van der Waals surface area contributed by atoms with Crippen LogP contribution in [0.25, 0.3) is 11.3 Å². The number of aromatic nitrogens is 2. The van der Waals surface area contributed by atoms with Gasteiger partial charge in [-0.1, -0.05) is 48.5 Å². The molecule has 24 heavy (non-hydrogen) atoms. The highest BCUT2D eigenvalue weighted by Gasteiger charge is 2.17. The van der Waals surface area contributed by atoms with Gasteiger partial charge in [-0.05, 0) is 6.07 Å². The number of hydrogen-bond donors (Lipinski definition) is 3. The molecule has 0 spiro atoms. The van der Waals surface area contributed by atoms with Gasteiger partial charge in [-0.2, -0.15) is 5.10 Å². The highest BCUT2D eigenvalue weighted by Crippen LogP contribution is 2.21. The molecule has 0 saturated heterocycles. The number of nitrogens with one attached hydrogen (secondary N) is 2. The van der Waals surface area contributed by atoms with Gasteiger partial charge in [-0.3, -0.25) is 9.89 Å². The Morgan fingerprint density at radius 2 is 1.88 bits per heavy atom. The van der Waals surface area contributed by atoms with Crippen LogP contribution in [0.3, 0.4) is 0 Å². The van der Waals surface area contributed by atoms with E-state index in [4.69, 9.17) is 0 Å². The van der Waals surface area contributed by atoms with Crippen LogP contribution < -0.4 is 5.32 Å². The summed E-state index contributed by atoms with van der Waals surface area (Å²) in [6, 6.07) is 15.2. The minimum absolute atomic E-state index is 0.0980. The number of carbonyl (C=O) groups is 1. The molecule has 2 aromatic carbocycles. The van der Waals surface area contributed by atoms with Gasteiger partial charge in [0.25, 0.3) is 5.91 Å². The molecule has 0 radical (unpaired) electrons. The van der Waals surface area contributed by atoms with E-state index >= 15 is 0 Å². The standard InChI is InChI=1S/C18H16FN3O2/c19-15-9-5-4-8-13(15)16(23)11-20-18(24)14-10-21-22-17(14)12-6-2-1-3-7-12/h1-10,16,23H,11H2,(H,20,24)(H,21,22). The molecule has 1 atom stereocenters. The Morgan fingerprint density at radius 1 is 1.17 bits per heavy atom. The molecule has 0 saturated carbocycles. The van der Waals surface area contributed by atoms with Crippen LogP contribution >= 0.6 is 0 Å². The molecule has 1 unspecified atom stereocenters. The number of H-pyrrole nitrogens is 1. The van der Waals surface area contributed by atoms with Crippen LogP contribution in [0.1, 0.15) is 22.0 Å². The van der Waals surface area contributed by atoms with Crippen molar-refractivity contribution in [2.45, 2.75) is 6.10 Å². The Morgan fingerprint density at radius 3 is 2.62 bits per heavy atom. The normalized spacial score (nSPS) is 11.9. The van der Waals surface area contributed by atoms with E-state index in [0.29, 0.717) is 11.3 Å². The van der Waals surface area contributed by atoms with Gasteiger partial charge in [0, 0.05) is 17.7 Å². The second kappa shape index (κ2) is 7.06. The number of nitrogens with zero attached hydrogens (tertiary/aromatic N) is 1. The van der Waals surface area contributed by atoms with Crippen LogP contribution in [0.4, 0.5) is 4.39 Å². The number of carbonyl (C=O) groups excluding carboxylic acids is 1. The summed E-state index contributed by atoms with van der Waals surface area (Å²) in [6.07, 6.45) is 0.301. The Kier molecular flexibility index (Phi) is 4.67. The highest BCUT2D eigenvalue weighted by atomic mass is 19.1. The number of hydrogen-bond acceptors (Lipinski definition) is 3. The van der Waals surface area contributed by atoms with Crippen molar-refractivity contribution >= 4 is 5.91 Å². The van der Waals surface area contributed by atoms with E-state index in [1.54, 1.807) is 12.1 Å². The summed E-state index contributed by atoms with van der Waals surface area (Å²) < 4.78 is 13.6. The Labute approximate surface area is 138 Å². The van der Waals surface area contributed by atoms with Crippen molar-refractivity contribution in [2.75, 3.05) is 6.54 Å². The van der Waals surface area contributed by atoms with E-state index in [2.05, 4.69) is 15.5 Å². The van der Waals surface area contributed by atoms with E-state index in [0.717, 1.165) is 5.56 Å². The fourth-order valence-corrected chi connectivity index (χ4v) is 2.42. The van der Waals surface area contributed by atoms with Gasteiger partial charge in [0.15, 0.2) is 0 Å². The summed E-state index contributed by atoms with van der Waals surface area (Å²) in [4.78, 5) is 12.3. The Bertz CT molecular complexity index is 833. The average molecular weight is 325 g/mol. The summed E-state index contributed by atoms with van der Waals surface area (Å²) in [7, 11) is 0. The summed E-state index contributed by atoms with van der Waals surface area (Å²) in [5.41, 5.74) is 1.93. The molecule has 3 N–H and O–H groups in total. The fraction of sp³-hybridized carbons (Fsp3) is 0.111. The molecule has 0 bridgehead atoms. The summed E-state index contributed by atoms with van der Waals surface area (Å²) >= 11 is 0. The van der Waals surface area contributed by atoms with Crippen LogP contribution in [0.5, 0.6) is 0 Å². The topological polar surface area (TPSA) is 78.0 Å². The lowest BCUT2D eigenvalue weighted by Gasteiger charge is -2.13. The third-order valence-electron chi connectivity index (χ3n) is 3.67.